The van der Waals surface area contributed by atoms with Gasteiger partial charge in [-0.25, -0.2) is 0 Å². The van der Waals surface area contributed by atoms with Gasteiger partial charge in [-0.05, 0) is 67.3 Å². The second-order valence-electron chi connectivity index (χ2n) is 11.3. The number of nitrogens with one attached hydrogen (secondary N) is 1. The van der Waals surface area contributed by atoms with Gasteiger partial charge in [-0.3, -0.25) is 4.79 Å². The molecule has 4 saturated carbocycles. The van der Waals surface area contributed by atoms with E-state index in [9.17, 15) is 4.79 Å². The van der Waals surface area contributed by atoms with Gasteiger partial charge < -0.3 is 10.2 Å². The minimum atomic E-state index is -0.0906. The highest BCUT2D eigenvalue weighted by Gasteiger charge is 2.65. The molecule has 3 nitrogen and oxygen atoms in total. The number of hydrogen-bond donors (Lipinski definition) is 1. The summed E-state index contributed by atoms with van der Waals surface area (Å²) >= 11 is 0. The first-order chi connectivity index (χ1) is 12.9. The maximum absolute atomic E-state index is 13.9. The van der Waals surface area contributed by atoms with Gasteiger partial charge >= 0.3 is 0 Å². The van der Waals surface area contributed by atoms with Gasteiger partial charge in [0.25, 0.3) is 0 Å². The van der Waals surface area contributed by atoms with Crippen molar-refractivity contribution in [2.24, 2.45) is 22.2 Å². The number of benzene rings is 1. The van der Waals surface area contributed by atoms with E-state index < -0.39 is 0 Å². The van der Waals surface area contributed by atoms with E-state index in [-0.39, 0.29) is 10.8 Å². The van der Waals surface area contributed by atoms with E-state index in [1.54, 1.807) is 0 Å². The molecule has 27 heavy (non-hydrogen) atoms. The van der Waals surface area contributed by atoms with Gasteiger partial charge in [-0.2, -0.15) is 0 Å². The summed E-state index contributed by atoms with van der Waals surface area (Å²) in [6, 6.07) is 11.2. The monoisotopic (exact) mass is 364 g/mol. The summed E-state index contributed by atoms with van der Waals surface area (Å²) in [5, 5.41) is 3.43. The number of carbonyl (C=O) groups excluding carboxylic acids is 1. The summed E-state index contributed by atoms with van der Waals surface area (Å²) in [6.45, 7) is 6.69. The van der Waals surface area contributed by atoms with E-state index in [0.29, 0.717) is 16.7 Å². The Labute approximate surface area is 162 Å². The molecule has 1 N–H and O–H groups in total. The molecule has 4 atom stereocenters. The first-order valence-corrected chi connectivity index (χ1v) is 11.0. The zero-order valence-corrected chi connectivity index (χ0v) is 16.6. The second-order valence-corrected chi connectivity index (χ2v) is 11.3. The van der Waals surface area contributed by atoms with Crippen LogP contribution < -0.4 is 5.32 Å². The summed E-state index contributed by atoms with van der Waals surface area (Å²) < 4.78 is 0. The molecule has 1 aromatic rings. The van der Waals surface area contributed by atoms with Gasteiger partial charge in [0.1, 0.15) is 0 Å². The van der Waals surface area contributed by atoms with E-state index in [1.807, 2.05) is 0 Å². The predicted octanol–water partition coefficient (Wildman–Crippen LogP) is 3.74. The maximum Gasteiger partial charge on any atom is 0.228 e. The van der Waals surface area contributed by atoms with Crippen LogP contribution in [0.4, 0.5) is 0 Å². The highest BCUT2D eigenvalue weighted by molar-refractivity contribution is 5.84. The molecule has 7 rings (SSSR count). The largest absolute Gasteiger partial charge is 0.342 e. The lowest BCUT2D eigenvalue weighted by Crippen LogP contribution is -2.62. The van der Waals surface area contributed by atoms with Gasteiger partial charge in [0.15, 0.2) is 0 Å². The number of likely N-dealkylation sites (tertiary alicyclic amines) is 1. The summed E-state index contributed by atoms with van der Waals surface area (Å²) in [5.74, 6) is 1.25. The molecule has 144 valence electrons. The third-order valence-electron chi connectivity index (χ3n) is 8.91. The molecule has 1 amide bonds. The fraction of sp³-hybridized carbons (Fsp3) is 0.708. The van der Waals surface area contributed by atoms with Crippen molar-refractivity contribution in [1.29, 1.82) is 0 Å². The highest BCUT2D eigenvalue weighted by Crippen LogP contribution is 2.70. The summed E-state index contributed by atoms with van der Waals surface area (Å²) in [5.41, 5.74) is 2.39. The molecule has 2 unspecified atom stereocenters. The van der Waals surface area contributed by atoms with Gasteiger partial charge in [-0.15, -0.1) is 0 Å². The smallest absolute Gasteiger partial charge is 0.228 e. The maximum atomic E-state index is 13.9. The van der Waals surface area contributed by atoms with E-state index in [1.165, 1.54) is 31.2 Å². The SMILES string of the molecule is C[C@]12CC3CC(C(=O)N4CCC5(CNC5)C4)(C1)C[C@@](c1ccccc1)(C3)C2. The van der Waals surface area contributed by atoms with Crippen LogP contribution in [-0.4, -0.2) is 37.0 Å². The predicted molar refractivity (Wildman–Crippen MR) is 106 cm³/mol. The van der Waals surface area contributed by atoms with Crippen molar-refractivity contribution in [3.05, 3.63) is 35.9 Å². The molecule has 3 heteroatoms. The van der Waals surface area contributed by atoms with Crippen LogP contribution in [0.2, 0.25) is 0 Å². The van der Waals surface area contributed by atoms with Gasteiger partial charge in [0.2, 0.25) is 5.91 Å². The van der Waals surface area contributed by atoms with Crippen LogP contribution in [0.1, 0.15) is 57.4 Å². The van der Waals surface area contributed by atoms with Crippen LogP contribution in [0.3, 0.4) is 0 Å². The Bertz CT molecular complexity index is 787. The van der Waals surface area contributed by atoms with Crippen LogP contribution in [0.15, 0.2) is 30.3 Å². The summed E-state index contributed by atoms with van der Waals surface area (Å²) in [7, 11) is 0. The molecule has 6 fully saturated rings. The third kappa shape index (κ3) is 2.27. The number of rotatable bonds is 2. The van der Waals surface area contributed by atoms with E-state index in [2.05, 4.69) is 47.5 Å². The topological polar surface area (TPSA) is 32.3 Å². The van der Waals surface area contributed by atoms with Crippen molar-refractivity contribution in [3.8, 4) is 0 Å². The van der Waals surface area contributed by atoms with Crippen LogP contribution in [0, 0.1) is 22.2 Å². The Morgan fingerprint density at radius 3 is 2.56 bits per heavy atom. The minimum Gasteiger partial charge on any atom is -0.342 e. The molecule has 4 bridgehead atoms. The van der Waals surface area contributed by atoms with Crippen LogP contribution in [0.5, 0.6) is 0 Å². The average molecular weight is 365 g/mol. The lowest BCUT2D eigenvalue weighted by molar-refractivity contribution is -0.170. The summed E-state index contributed by atoms with van der Waals surface area (Å²) in [6.07, 6.45) is 8.50. The molecule has 2 saturated heterocycles. The van der Waals surface area contributed by atoms with E-state index >= 15 is 0 Å². The molecule has 6 aliphatic rings. The van der Waals surface area contributed by atoms with Gasteiger partial charge in [-0.1, -0.05) is 37.3 Å². The molecular weight excluding hydrogens is 332 g/mol. The van der Waals surface area contributed by atoms with Gasteiger partial charge in [0.05, 0.1) is 5.41 Å². The Morgan fingerprint density at radius 2 is 1.89 bits per heavy atom. The van der Waals surface area contributed by atoms with Crippen LogP contribution in [-0.2, 0) is 10.2 Å². The van der Waals surface area contributed by atoms with Crippen molar-refractivity contribution >= 4 is 5.91 Å². The van der Waals surface area contributed by atoms with Gasteiger partial charge in [0, 0.05) is 31.6 Å². The Balaban J connectivity index is 1.36. The third-order valence-corrected chi connectivity index (χ3v) is 8.91. The quantitative estimate of drug-likeness (QED) is 0.867. The Hall–Kier alpha value is -1.35. The standard InChI is InChI=1S/C24H32N2O/c1-21-9-18-10-23(12-21,19-5-3-2-4-6-19)14-24(11-18,13-21)20(27)26-8-7-22(17-26)15-25-16-22/h2-6,18,25H,7-17H2,1H3/t18?,21-,23-,24?/m1/s1. The Kier molecular flexibility index (Phi) is 3.18. The van der Waals surface area contributed by atoms with Crippen LogP contribution >= 0.6 is 0 Å². The van der Waals surface area contributed by atoms with Crippen molar-refractivity contribution < 1.29 is 4.79 Å². The number of hydrogen-bond acceptors (Lipinski definition) is 2. The van der Waals surface area contributed by atoms with Crippen molar-refractivity contribution in [1.82, 2.24) is 10.2 Å². The lowest BCUT2D eigenvalue weighted by Gasteiger charge is -2.66. The summed E-state index contributed by atoms with van der Waals surface area (Å²) in [4.78, 5) is 16.2. The number of amides is 1. The van der Waals surface area contributed by atoms with E-state index in [0.717, 1.165) is 51.4 Å². The zero-order valence-electron chi connectivity index (χ0n) is 16.6. The lowest BCUT2D eigenvalue weighted by atomic mass is 9.38. The molecule has 0 radical (unpaired) electrons. The normalized spacial score (nSPS) is 43.9. The number of carbonyl (C=O) groups is 1. The van der Waals surface area contributed by atoms with Crippen molar-refractivity contribution in [3.63, 3.8) is 0 Å². The number of nitrogens with zero attached hydrogens (tertiary/aromatic N) is 1. The average Bonchev–Trinajstić information content (AvgIpc) is 3.06. The van der Waals surface area contributed by atoms with Crippen molar-refractivity contribution in [2.75, 3.05) is 26.2 Å². The second kappa shape index (κ2) is 5.17. The van der Waals surface area contributed by atoms with E-state index in [4.69, 9.17) is 0 Å². The zero-order chi connectivity index (χ0) is 18.3. The molecule has 4 aliphatic carbocycles. The molecule has 2 aliphatic heterocycles. The van der Waals surface area contributed by atoms with Crippen molar-refractivity contribution in [2.45, 2.75) is 57.3 Å². The first-order valence-electron chi connectivity index (χ1n) is 11.0. The molecule has 0 aromatic heterocycles. The molecule has 1 spiro atoms. The minimum absolute atomic E-state index is 0.0906. The first kappa shape index (κ1) is 16.6. The Morgan fingerprint density at radius 1 is 1.07 bits per heavy atom. The fourth-order valence-electron chi connectivity index (χ4n) is 8.48. The van der Waals surface area contributed by atoms with Crippen LogP contribution in [0.25, 0.3) is 0 Å². The molecule has 2 heterocycles. The highest BCUT2D eigenvalue weighted by atomic mass is 16.2. The molecular formula is C24H32N2O. The fourth-order valence-corrected chi connectivity index (χ4v) is 8.48. The molecule has 1 aromatic carbocycles.